The molecule has 0 aliphatic carbocycles. The van der Waals surface area contributed by atoms with Crippen molar-refractivity contribution in [2.45, 2.75) is 111 Å². The molecule has 7 heteroatoms. The van der Waals surface area contributed by atoms with E-state index in [2.05, 4.69) is 18.0 Å². The molecule has 27 heavy (non-hydrogen) atoms. The second-order valence-corrected chi connectivity index (χ2v) is 8.49. The third-order valence-electron chi connectivity index (χ3n) is 4.19. The number of unbranched alkanes of at least 4 members (excludes halogenated alkanes) is 11. The van der Waals surface area contributed by atoms with Crippen LogP contribution >= 0.6 is 0 Å². The standard InChI is InChI=1S/C18H36O2.C2H6O4S/c1-17(2)15-13-11-9-7-5-3-4-6-8-10-12-14-16-18(19)20;1-2-6-7(3,4)5/h17H,3-16H2,1-2H3,(H,19,20);2H2,1H3,(H,3,4,5). The summed E-state index contributed by atoms with van der Waals surface area (Å²) < 4.78 is 30.7. The van der Waals surface area contributed by atoms with E-state index in [1.54, 1.807) is 0 Å². The van der Waals surface area contributed by atoms with Crippen LogP contribution < -0.4 is 0 Å². The van der Waals surface area contributed by atoms with Crippen LogP contribution in [0.1, 0.15) is 111 Å². The highest BCUT2D eigenvalue weighted by atomic mass is 32.3. The molecule has 0 amide bonds. The minimum atomic E-state index is -4.17. The van der Waals surface area contributed by atoms with Crippen LogP contribution in [0.3, 0.4) is 0 Å². The Morgan fingerprint density at radius 2 is 1.19 bits per heavy atom. The summed E-state index contributed by atoms with van der Waals surface area (Å²) in [5.74, 6) is 0.212. The first kappa shape index (κ1) is 28.5. The predicted molar refractivity (Wildman–Crippen MR) is 110 cm³/mol. The molecule has 0 atom stereocenters. The fourth-order valence-electron chi connectivity index (χ4n) is 2.75. The lowest BCUT2D eigenvalue weighted by Crippen LogP contribution is -2.01. The third kappa shape index (κ3) is 33.4. The normalized spacial score (nSPS) is 11.3. The van der Waals surface area contributed by atoms with Crippen molar-refractivity contribution in [2.24, 2.45) is 5.92 Å². The van der Waals surface area contributed by atoms with Crippen LogP contribution in [0.4, 0.5) is 0 Å². The molecule has 0 aromatic heterocycles. The van der Waals surface area contributed by atoms with Gasteiger partial charge in [-0.15, -0.1) is 0 Å². The van der Waals surface area contributed by atoms with E-state index in [0.717, 1.165) is 18.8 Å². The lowest BCUT2D eigenvalue weighted by Gasteiger charge is -2.04. The summed E-state index contributed by atoms with van der Waals surface area (Å²) in [6, 6.07) is 0. The van der Waals surface area contributed by atoms with Gasteiger partial charge in [-0.25, -0.2) is 4.18 Å². The molecule has 0 rings (SSSR count). The quantitative estimate of drug-likeness (QED) is 0.225. The van der Waals surface area contributed by atoms with E-state index in [0.29, 0.717) is 6.42 Å². The topological polar surface area (TPSA) is 101 Å². The average molecular weight is 411 g/mol. The minimum Gasteiger partial charge on any atom is -0.481 e. The van der Waals surface area contributed by atoms with Gasteiger partial charge in [0.05, 0.1) is 6.61 Å². The van der Waals surface area contributed by atoms with Gasteiger partial charge in [-0.05, 0) is 19.3 Å². The number of carboxylic acid groups (broad SMARTS) is 1. The lowest BCUT2D eigenvalue weighted by molar-refractivity contribution is -0.137. The largest absolute Gasteiger partial charge is 0.481 e. The van der Waals surface area contributed by atoms with Gasteiger partial charge in [0.25, 0.3) is 0 Å². The van der Waals surface area contributed by atoms with Crippen LogP contribution in [0.15, 0.2) is 0 Å². The van der Waals surface area contributed by atoms with E-state index in [1.165, 1.54) is 77.6 Å². The molecule has 0 saturated carbocycles. The molecule has 0 unspecified atom stereocenters. The van der Waals surface area contributed by atoms with Gasteiger partial charge < -0.3 is 5.11 Å². The number of carbonyl (C=O) groups is 1. The average Bonchev–Trinajstić information content (AvgIpc) is 2.54. The number of hydrogen-bond donors (Lipinski definition) is 2. The Bertz CT molecular complexity index is 420. The molecular formula is C20H42O6S. The third-order valence-corrected chi connectivity index (χ3v) is 4.72. The molecule has 0 fully saturated rings. The van der Waals surface area contributed by atoms with Crippen LogP contribution in [0.25, 0.3) is 0 Å². The molecule has 0 aliphatic rings. The molecule has 2 N–H and O–H groups in total. The Morgan fingerprint density at radius 1 is 0.815 bits per heavy atom. The summed E-state index contributed by atoms with van der Waals surface area (Å²) in [6.07, 6.45) is 17.3. The van der Waals surface area contributed by atoms with Crippen molar-refractivity contribution >= 4 is 16.4 Å². The Morgan fingerprint density at radius 3 is 1.44 bits per heavy atom. The van der Waals surface area contributed by atoms with E-state index in [-0.39, 0.29) is 6.61 Å². The second-order valence-electron chi connectivity index (χ2n) is 7.40. The smallest absolute Gasteiger partial charge is 0.397 e. The SMILES string of the molecule is CC(C)CCCCCCCCCCCCCCC(=O)O.CCOS(=O)(=O)O. The van der Waals surface area contributed by atoms with E-state index in [9.17, 15) is 13.2 Å². The molecule has 164 valence electrons. The summed E-state index contributed by atoms with van der Waals surface area (Å²) in [5, 5.41) is 8.52. The van der Waals surface area contributed by atoms with Crippen LogP contribution in [0.5, 0.6) is 0 Å². The molecule has 0 aromatic rings. The predicted octanol–water partition coefficient (Wildman–Crippen LogP) is 6.01. The van der Waals surface area contributed by atoms with Crippen molar-refractivity contribution in [1.82, 2.24) is 0 Å². The van der Waals surface area contributed by atoms with Crippen molar-refractivity contribution in [2.75, 3.05) is 6.61 Å². The van der Waals surface area contributed by atoms with Crippen LogP contribution in [0, 0.1) is 5.92 Å². The Hall–Kier alpha value is -0.660. The number of aliphatic carboxylic acids is 1. The first-order chi connectivity index (χ1) is 12.7. The molecular weight excluding hydrogens is 368 g/mol. The molecule has 0 spiro atoms. The maximum Gasteiger partial charge on any atom is 0.397 e. The molecule has 0 bridgehead atoms. The summed E-state index contributed by atoms with van der Waals surface area (Å²) in [4.78, 5) is 10.3. The van der Waals surface area contributed by atoms with Crippen molar-refractivity contribution in [1.29, 1.82) is 0 Å². The highest BCUT2D eigenvalue weighted by molar-refractivity contribution is 7.80. The zero-order valence-electron chi connectivity index (χ0n) is 17.6. The zero-order chi connectivity index (χ0) is 21.0. The van der Waals surface area contributed by atoms with Crippen molar-refractivity contribution in [3.05, 3.63) is 0 Å². The number of rotatable bonds is 17. The van der Waals surface area contributed by atoms with E-state index < -0.39 is 16.4 Å². The Labute approximate surface area is 167 Å². The van der Waals surface area contributed by atoms with Gasteiger partial charge in [-0.1, -0.05) is 90.9 Å². The fourth-order valence-corrected chi connectivity index (χ4v) is 3.04. The number of carboxylic acids is 1. The van der Waals surface area contributed by atoms with Crippen LogP contribution in [-0.4, -0.2) is 30.7 Å². The first-order valence-corrected chi connectivity index (χ1v) is 11.9. The summed E-state index contributed by atoms with van der Waals surface area (Å²) >= 11 is 0. The van der Waals surface area contributed by atoms with Crippen LogP contribution in [-0.2, 0) is 19.4 Å². The van der Waals surface area contributed by atoms with Gasteiger partial charge >= 0.3 is 16.4 Å². The minimum absolute atomic E-state index is 0.0289. The fraction of sp³-hybridized carbons (Fsp3) is 0.950. The zero-order valence-corrected chi connectivity index (χ0v) is 18.4. The van der Waals surface area contributed by atoms with Crippen LogP contribution in [0.2, 0.25) is 0 Å². The molecule has 0 heterocycles. The van der Waals surface area contributed by atoms with Gasteiger partial charge in [-0.2, -0.15) is 8.42 Å². The summed E-state index contributed by atoms with van der Waals surface area (Å²) in [7, 11) is -4.17. The first-order valence-electron chi connectivity index (χ1n) is 10.5. The van der Waals surface area contributed by atoms with Gasteiger partial charge in [0.2, 0.25) is 0 Å². The van der Waals surface area contributed by atoms with Gasteiger partial charge in [0.1, 0.15) is 0 Å². The molecule has 0 saturated heterocycles. The highest BCUT2D eigenvalue weighted by Crippen LogP contribution is 2.14. The number of hydrogen-bond acceptors (Lipinski definition) is 4. The highest BCUT2D eigenvalue weighted by Gasteiger charge is 1.98. The van der Waals surface area contributed by atoms with Gasteiger partial charge in [-0.3, -0.25) is 9.35 Å². The maximum atomic E-state index is 10.3. The molecule has 0 radical (unpaired) electrons. The Balaban J connectivity index is 0. The Kier molecular flexibility index (Phi) is 21.2. The summed E-state index contributed by atoms with van der Waals surface area (Å²) in [6.45, 7) is 6.05. The van der Waals surface area contributed by atoms with E-state index >= 15 is 0 Å². The molecule has 0 aromatic carbocycles. The maximum absolute atomic E-state index is 10.3. The van der Waals surface area contributed by atoms with E-state index in [1.807, 2.05) is 0 Å². The van der Waals surface area contributed by atoms with Gasteiger partial charge in [0.15, 0.2) is 0 Å². The van der Waals surface area contributed by atoms with E-state index in [4.69, 9.17) is 9.66 Å². The van der Waals surface area contributed by atoms with Crippen molar-refractivity contribution < 1.29 is 27.1 Å². The molecule has 0 aliphatic heterocycles. The molecule has 6 nitrogen and oxygen atoms in total. The van der Waals surface area contributed by atoms with Crippen molar-refractivity contribution in [3.8, 4) is 0 Å². The lowest BCUT2D eigenvalue weighted by atomic mass is 10.0. The second kappa shape index (κ2) is 20.1. The van der Waals surface area contributed by atoms with Gasteiger partial charge in [0, 0.05) is 6.42 Å². The monoisotopic (exact) mass is 410 g/mol. The summed E-state index contributed by atoms with van der Waals surface area (Å²) in [5.41, 5.74) is 0. The van der Waals surface area contributed by atoms with Crippen molar-refractivity contribution in [3.63, 3.8) is 0 Å².